The van der Waals surface area contributed by atoms with Crippen LogP contribution in [0.3, 0.4) is 0 Å². The van der Waals surface area contributed by atoms with Crippen LogP contribution in [-0.2, 0) is 9.59 Å². The molecule has 0 spiro atoms. The zero-order valence-corrected chi connectivity index (χ0v) is 23.6. The second kappa shape index (κ2) is 11.0. The van der Waals surface area contributed by atoms with Crippen LogP contribution in [0.25, 0.3) is 10.9 Å². The Bertz CT molecular complexity index is 1720. The third kappa shape index (κ3) is 5.26. The van der Waals surface area contributed by atoms with Crippen LogP contribution in [0, 0.1) is 23.0 Å². The monoisotopic (exact) mass is 589 g/mol. The first-order valence-electron chi connectivity index (χ1n) is 13.9. The number of hydrogen-bond donors (Lipinski definition) is 1. The number of amides is 2. The number of carbonyl (C=O) groups excluding carboxylic acids is 2. The summed E-state index contributed by atoms with van der Waals surface area (Å²) in [6.07, 6.45) is 2.08. The zero-order chi connectivity index (χ0) is 30.3. The fraction of sp³-hybridized carbons (Fsp3) is 0.281. The maximum Gasteiger partial charge on any atom is 0.247 e. The van der Waals surface area contributed by atoms with E-state index in [1.54, 1.807) is 12.1 Å². The second-order valence-electron chi connectivity index (χ2n) is 10.9. The Morgan fingerprint density at radius 2 is 1.65 bits per heavy atom. The van der Waals surface area contributed by atoms with E-state index in [0.717, 1.165) is 6.07 Å². The summed E-state index contributed by atoms with van der Waals surface area (Å²) in [4.78, 5) is 31.3. The highest BCUT2D eigenvalue weighted by Crippen LogP contribution is 2.50. The molecule has 9 nitrogen and oxygen atoms in total. The number of pyridine rings is 1. The molecule has 43 heavy (non-hydrogen) atoms. The molecule has 0 radical (unpaired) electrons. The van der Waals surface area contributed by atoms with Gasteiger partial charge in [-0.3, -0.25) is 19.5 Å². The van der Waals surface area contributed by atoms with Crippen LogP contribution >= 0.6 is 0 Å². The molecule has 0 saturated heterocycles. The van der Waals surface area contributed by atoms with Crippen molar-refractivity contribution in [3.8, 4) is 28.7 Å². The number of nitrogens with zero attached hydrogens (tertiary/aromatic N) is 2. The van der Waals surface area contributed by atoms with Crippen molar-refractivity contribution in [2.45, 2.75) is 26.7 Å². The van der Waals surface area contributed by atoms with Crippen molar-refractivity contribution >= 4 is 34.1 Å². The van der Waals surface area contributed by atoms with Crippen molar-refractivity contribution in [1.29, 1.82) is 0 Å². The molecule has 4 aromatic rings. The smallest absolute Gasteiger partial charge is 0.247 e. The molecule has 0 atom stereocenters. The van der Waals surface area contributed by atoms with Gasteiger partial charge in [-0.1, -0.05) is 13.8 Å². The van der Waals surface area contributed by atoms with E-state index < -0.39 is 28.9 Å². The van der Waals surface area contributed by atoms with Crippen molar-refractivity contribution in [3.63, 3.8) is 0 Å². The van der Waals surface area contributed by atoms with Crippen LogP contribution < -0.4 is 29.6 Å². The molecule has 1 fully saturated rings. The van der Waals surface area contributed by atoms with E-state index in [0.29, 0.717) is 48.0 Å². The number of aromatic nitrogens is 1. The molecular formula is C32H29F2N3O6. The first-order chi connectivity index (χ1) is 20.7. The lowest BCUT2D eigenvalue weighted by Gasteiger charge is -2.27. The third-order valence-electron chi connectivity index (χ3n) is 7.33. The molecule has 3 aromatic carbocycles. The molecule has 1 saturated carbocycles. The van der Waals surface area contributed by atoms with Gasteiger partial charge in [0.1, 0.15) is 30.2 Å². The van der Waals surface area contributed by atoms with E-state index in [2.05, 4.69) is 4.98 Å². The number of carbonyl (C=O) groups is 2. The van der Waals surface area contributed by atoms with Gasteiger partial charge in [0.05, 0.1) is 23.2 Å². The Hall–Kier alpha value is -4.93. The van der Waals surface area contributed by atoms with Crippen LogP contribution in [0.2, 0.25) is 0 Å². The second-order valence-corrected chi connectivity index (χ2v) is 10.9. The highest BCUT2D eigenvalue weighted by molar-refractivity contribution is 6.16. The van der Waals surface area contributed by atoms with E-state index >= 15 is 4.39 Å². The predicted molar refractivity (Wildman–Crippen MR) is 154 cm³/mol. The minimum Gasteiger partial charge on any atom is -0.489 e. The van der Waals surface area contributed by atoms with Gasteiger partial charge in [0, 0.05) is 24.0 Å². The predicted octanol–water partition coefficient (Wildman–Crippen LogP) is 6.04. The minimum atomic E-state index is -1.39. The Labute approximate surface area is 246 Å². The van der Waals surface area contributed by atoms with E-state index in [1.807, 2.05) is 13.8 Å². The number of ether oxygens (including phenoxy) is 4. The van der Waals surface area contributed by atoms with Gasteiger partial charge < -0.3 is 24.7 Å². The number of primary amides is 1. The van der Waals surface area contributed by atoms with E-state index in [1.165, 1.54) is 47.5 Å². The molecule has 0 bridgehead atoms. The molecule has 2 heterocycles. The number of fused-ring (bicyclic) bond motifs is 3. The highest BCUT2D eigenvalue weighted by Gasteiger charge is 2.57. The first-order valence-corrected chi connectivity index (χ1v) is 13.9. The summed E-state index contributed by atoms with van der Waals surface area (Å²) >= 11 is 0. The number of anilines is 2. The quantitative estimate of drug-likeness (QED) is 0.237. The standard InChI is InChI=1S/C32H29F2N3O6/c1-18(2)17-42-26-16-23-27(29-28(26)40-13-14-41-29)25(9-12-36-23)43-24-8-7-21(15-22(24)34)37(20-5-3-19(33)4-6-20)31(39)32(10-11-32)30(35)38/h3-9,12,15-16,18H,10-11,13-14,17H2,1-2H3,(H2,35,38). The fourth-order valence-electron chi connectivity index (χ4n) is 4.93. The van der Waals surface area contributed by atoms with Gasteiger partial charge in [-0.2, -0.15) is 0 Å². The molecule has 2 N–H and O–H groups in total. The Balaban J connectivity index is 1.37. The summed E-state index contributed by atoms with van der Waals surface area (Å²) in [5.74, 6) is -0.954. The van der Waals surface area contributed by atoms with Crippen molar-refractivity contribution in [2.24, 2.45) is 17.1 Å². The Morgan fingerprint density at radius 3 is 2.30 bits per heavy atom. The number of nitrogens with two attached hydrogens (primary N) is 1. The molecule has 1 aromatic heterocycles. The average Bonchev–Trinajstić information content (AvgIpc) is 3.81. The van der Waals surface area contributed by atoms with E-state index in [9.17, 15) is 14.0 Å². The number of benzene rings is 3. The molecule has 1 aliphatic heterocycles. The van der Waals surface area contributed by atoms with Gasteiger partial charge in [-0.15, -0.1) is 0 Å². The SMILES string of the molecule is CC(C)COc1cc2nccc(Oc3ccc(N(C(=O)C4(C(N)=O)CC4)c4ccc(F)cc4)cc3F)c2c2c1OCCO2. The first kappa shape index (κ1) is 28.2. The number of halogens is 2. The summed E-state index contributed by atoms with van der Waals surface area (Å²) in [5, 5.41) is 0.484. The van der Waals surface area contributed by atoms with Gasteiger partial charge in [0.15, 0.2) is 23.1 Å². The summed E-state index contributed by atoms with van der Waals surface area (Å²) in [6, 6.07) is 12.4. The zero-order valence-electron chi connectivity index (χ0n) is 23.6. The van der Waals surface area contributed by atoms with Crippen LogP contribution in [0.5, 0.6) is 28.7 Å². The van der Waals surface area contributed by atoms with Gasteiger partial charge >= 0.3 is 0 Å². The molecule has 11 heteroatoms. The normalized spacial score (nSPS) is 14.8. The molecule has 1 aliphatic carbocycles. The van der Waals surface area contributed by atoms with Crippen molar-refractivity contribution in [3.05, 3.63) is 72.4 Å². The Kier molecular flexibility index (Phi) is 7.25. The van der Waals surface area contributed by atoms with Crippen molar-refractivity contribution in [1.82, 2.24) is 4.98 Å². The van der Waals surface area contributed by atoms with Gasteiger partial charge in [0.25, 0.3) is 0 Å². The summed E-state index contributed by atoms with van der Waals surface area (Å²) in [6.45, 7) is 5.17. The summed E-state index contributed by atoms with van der Waals surface area (Å²) < 4.78 is 53.2. The average molecular weight is 590 g/mol. The van der Waals surface area contributed by atoms with Gasteiger partial charge in [0.2, 0.25) is 17.6 Å². The maximum atomic E-state index is 15.7. The van der Waals surface area contributed by atoms with Crippen LogP contribution in [0.4, 0.5) is 20.2 Å². The highest BCUT2D eigenvalue weighted by atomic mass is 19.1. The molecule has 6 rings (SSSR count). The maximum absolute atomic E-state index is 15.7. The fourth-order valence-corrected chi connectivity index (χ4v) is 4.93. The Morgan fingerprint density at radius 1 is 0.953 bits per heavy atom. The number of hydrogen-bond acceptors (Lipinski definition) is 7. The lowest BCUT2D eigenvalue weighted by atomic mass is 10.0. The van der Waals surface area contributed by atoms with E-state index in [-0.39, 0.29) is 41.6 Å². The molecule has 2 aliphatic rings. The van der Waals surface area contributed by atoms with Crippen molar-refractivity contribution < 1.29 is 37.3 Å². The minimum absolute atomic E-state index is 0.120. The van der Waals surface area contributed by atoms with Crippen LogP contribution in [0.1, 0.15) is 26.7 Å². The molecular weight excluding hydrogens is 560 g/mol. The van der Waals surface area contributed by atoms with Gasteiger partial charge in [-0.25, -0.2) is 8.78 Å². The summed E-state index contributed by atoms with van der Waals surface area (Å²) in [5.41, 5.74) is 5.04. The van der Waals surface area contributed by atoms with E-state index in [4.69, 9.17) is 24.7 Å². The molecule has 222 valence electrons. The summed E-state index contributed by atoms with van der Waals surface area (Å²) in [7, 11) is 0. The largest absolute Gasteiger partial charge is 0.489 e. The lowest BCUT2D eigenvalue weighted by Crippen LogP contribution is -2.41. The number of rotatable bonds is 9. The van der Waals surface area contributed by atoms with Gasteiger partial charge in [-0.05, 0) is 61.2 Å². The third-order valence-corrected chi connectivity index (χ3v) is 7.33. The topological polar surface area (TPSA) is 113 Å². The molecule has 0 unspecified atom stereocenters. The van der Waals surface area contributed by atoms with Crippen molar-refractivity contribution in [2.75, 3.05) is 24.7 Å². The van der Waals surface area contributed by atoms with Crippen LogP contribution in [0.15, 0.2) is 60.8 Å². The lowest BCUT2D eigenvalue weighted by molar-refractivity contribution is -0.133. The van der Waals surface area contributed by atoms with Crippen LogP contribution in [-0.4, -0.2) is 36.6 Å². The molecule has 2 amide bonds.